The minimum absolute atomic E-state index is 0.0756. The summed E-state index contributed by atoms with van der Waals surface area (Å²) >= 11 is 12.1. The van der Waals surface area contributed by atoms with Gasteiger partial charge in [-0.2, -0.15) is 0 Å². The third kappa shape index (κ3) is 6.09. The predicted molar refractivity (Wildman–Crippen MR) is 127 cm³/mol. The fraction of sp³-hybridized carbons (Fsp3) is 0.0435. The molecule has 0 fully saturated rings. The van der Waals surface area contributed by atoms with Crippen LogP contribution in [0.25, 0.3) is 6.08 Å². The highest BCUT2D eigenvalue weighted by molar-refractivity contribution is 6.34. The van der Waals surface area contributed by atoms with E-state index in [9.17, 15) is 24.1 Å². The summed E-state index contributed by atoms with van der Waals surface area (Å²) in [5.41, 5.74) is 0.0434. The first-order valence-electron chi connectivity index (χ1n) is 9.55. The molecule has 3 aromatic carbocycles. The van der Waals surface area contributed by atoms with Gasteiger partial charge in [0.25, 0.3) is 17.5 Å². The first-order valence-corrected chi connectivity index (χ1v) is 10.3. The number of hydrogen-bond donors (Lipinski definition) is 2. The van der Waals surface area contributed by atoms with Gasteiger partial charge in [0.2, 0.25) is 0 Å². The van der Waals surface area contributed by atoms with E-state index in [2.05, 4.69) is 10.6 Å². The number of rotatable bonds is 7. The Morgan fingerprint density at radius 1 is 1.06 bits per heavy atom. The Labute approximate surface area is 203 Å². The van der Waals surface area contributed by atoms with Crippen molar-refractivity contribution in [1.82, 2.24) is 5.32 Å². The van der Waals surface area contributed by atoms with Gasteiger partial charge in [-0.3, -0.25) is 19.7 Å². The zero-order valence-electron chi connectivity index (χ0n) is 17.5. The molecule has 0 aromatic heterocycles. The third-order valence-electron chi connectivity index (χ3n) is 4.47. The lowest BCUT2D eigenvalue weighted by atomic mass is 10.1. The lowest BCUT2D eigenvalue weighted by molar-refractivity contribution is -0.384. The molecule has 2 N–H and O–H groups in total. The van der Waals surface area contributed by atoms with Gasteiger partial charge in [0, 0.05) is 17.8 Å². The number of nitro benzene ring substituents is 1. The van der Waals surface area contributed by atoms with Crippen LogP contribution in [-0.2, 0) is 4.79 Å². The number of non-ortho nitro benzene ring substituents is 1. The highest BCUT2D eigenvalue weighted by Gasteiger charge is 2.18. The van der Waals surface area contributed by atoms with Crippen LogP contribution in [-0.4, -0.2) is 23.8 Å². The van der Waals surface area contributed by atoms with Crippen molar-refractivity contribution < 1.29 is 23.6 Å². The van der Waals surface area contributed by atoms with Crippen molar-refractivity contribution in [2.75, 3.05) is 12.4 Å². The van der Waals surface area contributed by atoms with Crippen molar-refractivity contribution in [2.45, 2.75) is 0 Å². The number of carbonyl (C=O) groups excluding carboxylic acids is 2. The number of halogens is 3. The maximum atomic E-state index is 13.4. The molecule has 2 amide bonds. The van der Waals surface area contributed by atoms with Gasteiger partial charge in [0.1, 0.15) is 17.3 Å². The standard InChI is InChI=1S/C23H16Cl2FN3O5/c1-34-21-8-6-15(12-19(21)25)27-23(31)20(10-13-3-2-4-16(9-13)29(32)33)28-22(30)17-7-5-14(26)11-18(17)24/h2-12H,1H3,(H,27,31)(H,28,30)/b20-10-. The van der Waals surface area contributed by atoms with Crippen LogP contribution in [0, 0.1) is 15.9 Å². The van der Waals surface area contributed by atoms with Crippen LogP contribution < -0.4 is 15.4 Å². The molecule has 0 aliphatic rings. The van der Waals surface area contributed by atoms with Crippen molar-refractivity contribution in [3.63, 3.8) is 0 Å². The van der Waals surface area contributed by atoms with Crippen molar-refractivity contribution >= 4 is 52.5 Å². The normalized spacial score (nSPS) is 11.0. The summed E-state index contributed by atoms with van der Waals surface area (Å²) in [7, 11) is 1.44. The molecule has 0 aliphatic heterocycles. The van der Waals surface area contributed by atoms with Gasteiger partial charge in [-0.05, 0) is 48.0 Å². The molecule has 11 heteroatoms. The number of methoxy groups -OCH3 is 1. The average Bonchev–Trinajstić information content (AvgIpc) is 2.78. The zero-order valence-corrected chi connectivity index (χ0v) is 19.0. The summed E-state index contributed by atoms with van der Waals surface area (Å²) in [6.45, 7) is 0. The van der Waals surface area contributed by atoms with E-state index < -0.39 is 22.6 Å². The number of benzene rings is 3. The third-order valence-corrected chi connectivity index (χ3v) is 5.08. The van der Waals surface area contributed by atoms with Gasteiger partial charge in [-0.1, -0.05) is 35.3 Å². The first kappa shape index (κ1) is 24.7. The van der Waals surface area contributed by atoms with E-state index in [0.717, 1.165) is 12.1 Å². The van der Waals surface area contributed by atoms with E-state index >= 15 is 0 Å². The number of carbonyl (C=O) groups is 2. The summed E-state index contributed by atoms with van der Waals surface area (Å²) in [6, 6.07) is 13.2. The van der Waals surface area contributed by atoms with Crippen molar-refractivity contribution in [3.05, 3.63) is 103 Å². The molecule has 3 rings (SSSR count). The minimum atomic E-state index is -0.787. The quantitative estimate of drug-likeness (QED) is 0.252. The SMILES string of the molecule is COc1ccc(NC(=O)/C(=C/c2cccc([N+](=O)[O-])c2)NC(=O)c2ccc(F)cc2Cl)cc1Cl. The molecular formula is C23H16Cl2FN3O5. The van der Waals surface area contributed by atoms with Crippen molar-refractivity contribution in [1.29, 1.82) is 0 Å². The fourth-order valence-electron chi connectivity index (χ4n) is 2.86. The summed E-state index contributed by atoms with van der Waals surface area (Å²) < 4.78 is 18.4. The second-order valence-corrected chi connectivity index (χ2v) is 7.61. The number of nitrogens with zero attached hydrogens (tertiary/aromatic N) is 1. The van der Waals surface area contributed by atoms with Gasteiger partial charge in [-0.25, -0.2) is 4.39 Å². The average molecular weight is 504 g/mol. The van der Waals surface area contributed by atoms with Crippen LogP contribution in [0.4, 0.5) is 15.8 Å². The van der Waals surface area contributed by atoms with Crippen molar-refractivity contribution in [2.24, 2.45) is 0 Å². The molecule has 0 heterocycles. The van der Waals surface area contributed by atoms with Gasteiger partial charge >= 0.3 is 0 Å². The van der Waals surface area contributed by atoms with Gasteiger partial charge in [-0.15, -0.1) is 0 Å². The number of hydrogen-bond acceptors (Lipinski definition) is 5. The van der Waals surface area contributed by atoms with Crippen LogP contribution in [0.1, 0.15) is 15.9 Å². The number of nitro groups is 1. The molecule has 0 bridgehead atoms. The number of nitrogens with one attached hydrogen (secondary N) is 2. The summed E-state index contributed by atoms with van der Waals surface area (Å²) in [5, 5.41) is 16.2. The lowest BCUT2D eigenvalue weighted by Crippen LogP contribution is -2.31. The Bertz CT molecular complexity index is 1310. The number of anilines is 1. The van der Waals surface area contributed by atoms with E-state index in [1.54, 1.807) is 6.07 Å². The molecule has 0 saturated carbocycles. The summed E-state index contributed by atoms with van der Waals surface area (Å²) in [5.74, 6) is -1.78. The van der Waals surface area contributed by atoms with Gasteiger partial charge in [0.15, 0.2) is 0 Å². The highest BCUT2D eigenvalue weighted by Crippen LogP contribution is 2.27. The molecule has 0 saturated heterocycles. The highest BCUT2D eigenvalue weighted by atomic mass is 35.5. The Morgan fingerprint density at radius 3 is 2.47 bits per heavy atom. The Kier molecular flexibility index (Phi) is 7.83. The smallest absolute Gasteiger partial charge is 0.272 e. The second kappa shape index (κ2) is 10.8. The minimum Gasteiger partial charge on any atom is -0.495 e. The molecule has 0 radical (unpaired) electrons. The number of ether oxygens (including phenoxy) is 1. The topological polar surface area (TPSA) is 111 Å². The van der Waals surface area contributed by atoms with Gasteiger partial charge in [0.05, 0.1) is 27.6 Å². The molecule has 0 aliphatic carbocycles. The Morgan fingerprint density at radius 2 is 1.82 bits per heavy atom. The van der Waals surface area contributed by atoms with Crippen molar-refractivity contribution in [3.8, 4) is 5.75 Å². The molecule has 174 valence electrons. The monoisotopic (exact) mass is 503 g/mol. The molecule has 8 nitrogen and oxygen atoms in total. The zero-order chi connectivity index (χ0) is 24.8. The summed E-state index contributed by atoms with van der Waals surface area (Å²) in [6.07, 6.45) is 1.25. The van der Waals surface area contributed by atoms with E-state index in [1.165, 1.54) is 55.7 Å². The van der Waals surface area contributed by atoms with E-state index in [0.29, 0.717) is 11.4 Å². The maximum Gasteiger partial charge on any atom is 0.272 e. The largest absolute Gasteiger partial charge is 0.495 e. The second-order valence-electron chi connectivity index (χ2n) is 6.79. The van der Waals surface area contributed by atoms with Crippen LogP contribution in [0.2, 0.25) is 10.0 Å². The molecule has 0 spiro atoms. The van der Waals surface area contributed by atoms with Gasteiger partial charge < -0.3 is 15.4 Å². The Balaban J connectivity index is 1.96. The molecule has 0 unspecified atom stereocenters. The van der Waals surface area contributed by atoms with Crippen LogP contribution >= 0.6 is 23.2 Å². The predicted octanol–water partition coefficient (Wildman–Crippen LogP) is 5.46. The number of amides is 2. The fourth-order valence-corrected chi connectivity index (χ4v) is 3.37. The lowest BCUT2D eigenvalue weighted by Gasteiger charge is -2.13. The summed E-state index contributed by atoms with van der Waals surface area (Å²) in [4.78, 5) is 36.3. The van der Waals surface area contributed by atoms with E-state index in [-0.39, 0.29) is 32.6 Å². The van der Waals surface area contributed by atoms with Crippen LogP contribution in [0.3, 0.4) is 0 Å². The molecule has 3 aromatic rings. The van der Waals surface area contributed by atoms with E-state index in [1.807, 2.05) is 0 Å². The Hall–Kier alpha value is -3.95. The maximum absolute atomic E-state index is 13.4. The van der Waals surface area contributed by atoms with E-state index in [4.69, 9.17) is 27.9 Å². The van der Waals surface area contributed by atoms with Crippen LogP contribution in [0.15, 0.2) is 66.4 Å². The molecular weight excluding hydrogens is 488 g/mol. The van der Waals surface area contributed by atoms with Crippen LogP contribution in [0.5, 0.6) is 5.75 Å². The first-order chi connectivity index (χ1) is 16.2. The molecule has 34 heavy (non-hydrogen) atoms. The molecule has 0 atom stereocenters.